The molecule has 0 N–H and O–H groups in total. The zero-order valence-corrected chi connectivity index (χ0v) is 22.7. The second-order valence-corrected chi connectivity index (χ2v) is 13.0. The quantitative estimate of drug-likeness (QED) is 0.163. The van der Waals surface area contributed by atoms with E-state index in [2.05, 4.69) is 36.9 Å². The lowest BCUT2D eigenvalue weighted by Gasteiger charge is -2.19. The van der Waals surface area contributed by atoms with Crippen LogP contribution in [0.25, 0.3) is 11.4 Å². The molecular formula is C28H46N2O2Si. The van der Waals surface area contributed by atoms with Gasteiger partial charge in [-0.2, -0.15) is 0 Å². The number of aromatic nitrogens is 2. The molecular weight excluding hydrogens is 424 g/mol. The van der Waals surface area contributed by atoms with E-state index in [0.29, 0.717) is 5.82 Å². The highest BCUT2D eigenvalue weighted by atomic mass is 28.3. The van der Waals surface area contributed by atoms with Gasteiger partial charge in [0.1, 0.15) is 5.75 Å². The normalized spacial score (nSPS) is 12.2. The van der Waals surface area contributed by atoms with Gasteiger partial charge in [-0.1, -0.05) is 78.3 Å². The topological polar surface area (TPSA) is 44.2 Å². The minimum atomic E-state index is -0.572. The molecule has 0 amide bonds. The third-order valence-corrected chi connectivity index (χ3v) is 8.92. The summed E-state index contributed by atoms with van der Waals surface area (Å²) in [6.07, 6.45) is 17.6. The molecule has 5 heteroatoms. The second-order valence-electron chi connectivity index (χ2n) is 9.52. The Morgan fingerprint density at radius 1 is 0.697 bits per heavy atom. The Morgan fingerprint density at radius 3 is 1.94 bits per heavy atom. The summed E-state index contributed by atoms with van der Waals surface area (Å²) in [5.41, 5.74) is 1.95. The average Bonchev–Trinajstić information content (AvgIpc) is 2.83. The predicted molar refractivity (Wildman–Crippen MR) is 143 cm³/mol. The van der Waals surface area contributed by atoms with Crippen LogP contribution in [0.15, 0.2) is 36.7 Å². The van der Waals surface area contributed by atoms with Gasteiger partial charge in [0.2, 0.25) is 0 Å². The van der Waals surface area contributed by atoms with Crippen molar-refractivity contribution in [2.75, 3.05) is 13.2 Å². The molecule has 0 saturated carbocycles. The van der Waals surface area contributed by atoms with Crippen molar-refractivity contribution in [3.8, 4) is 22.9 Å². The first-order valence-corrected chi connectivity index (χ1v) is 16.3. The Labute approximate surface area is 204 Å². The van der Waals surface area contributed by atoms with E-state index in [4.69, 9.17) is 9.47 Å². The zero-order chi connectivity index (χ0) is 23.7. The maximum absolute atomic E-state index is 5.99. The van der Waals surface area contributed by atoms with Gasteiger partial charge < -0.3 is 9.47 Å². The standard InChI is InChI=1S/C28H46N2O2Si/c1-5-7-9-10-11-12-20-32-26-22-29-28(30-23-26)24-16-18-25(19-17-24)31-21-13-15-27(33(3)4)14-8-6-2/h16-19,22-23,27,33H,5-15,20-21H2,1-4H3. The van der Waals surface area contributed by atoms with Gasteiger partial charge in [-0.3, -0.25) is 0 Å². The van der Waals surface area contributed by atoms with Gasteiger partial charge in [-0.05, 0) is 49.1 Å². The summed E-state index contributed by atoms with van der Waals surface area (Å²) in [6.45, 7) is 11.0. The van der Waals surface area contributed by atoms with Crippen molar-refractivity contribution in [1.82, 2.24) is 9.97 Å². The van der Waals surface area contributed by atoms with Crippen molar-refractivity contribution in [2.24, 2.45) is 0 Å². The maximum atomic E-state index is 5.99. The van der Waals surface area contributed by atoms with E-state index in [0.717, 1.165) is 48.7 Å². The highest BCUT2D eigenvalue weighted by Gasteiger charge is 2.13. The van der Waals surface area contributed by atoms with Gasteiger partial charge in [-0.25, -0.2) is 9.97 Å². The van der Waals surface area contributed by atoms with E-state index in [1.165, 1.54) is 57.8 Å². The van der Waals surface area contributed by atoms with Gasteiger partial charge in [0.15, 0.2) is 11.6 Å². The van der Waals surface area contributed by atoms with Crippen LogP contribution in [0.4, 0.5) is 0 Å². The van der Waals surface area contributed by atoms with Crippen LogP contribution in [0.5, 0.6) is 11.5 Å². The molecule has 0 radical (unpaired) electrons. The number of ether oxygens (including phenoxy) is 2. The Morgan fingerprint density at radius 2 is 1.27 bits per heavy atom. The summed E-state index contributed by atoms with van der Waals surface area (Å²) in [4.78, 5) is 8.96. The smallest absolute Gasteiger partial charge is 0.159 e. The van der Waals surface area contributed by atoms with Gasteiger partial charge in [0.25, 0.3) is 0 Å². The lowest BCUT2D eigenvalue weighted by molar-refractivity contribution is 0.302. The fourth-order valence-corrected chi connectivity index (χ4v) is 5.93. The molecule has 0 spiro atoms. The summed E-state index contributed by atoms with van der Waals surface area (Å²) < 4.78 is 11.8. The van der Waals surface area contributed by atoms with E-state index in [9.17, 15) is 0 Å². The number of benzene rings is 1. The van der Waals surface area contributed by atoms with Crippen molar-refractivity contribution in [2.45, 2.75) is 103 Å². The van der Waals surface area contributed by atoms with Crippen molar-refractivity contribution in [1.29, 1.82) is 0 Å². The highest BCUT2D eigenvalue weighted by Crippen LogP contribution is 2.25. The first kappa shape index (κ1) is 27.4. The zero-order valence-electron chi connectivity index (χ0n) is 21.5. The molecule has 0 saturated heterocycles. The number of hydrogen-bond donors (Lipinski definition) is 0. The summed E-state index contributed by atoms with van der Waals surface area (Å²) in [5, 5.41) is 0. The van der Waals surface area contributed by atoms with Crippen molar-refractivity contribution >= 4 is 8.80 Å². The Balaban J connectivity index is 1.70. The lowest BCUT2D eigenvalue weighted by atomic mass is 10.1. The molecule has 0 aliphatic carbocycles. The van der Waals surface area contributed by atoms with Crippen LogP contribution in [0.1, 0.15) is 84.5 Å². The molecule has 0 fully saturated rings. The van der Waals surface area contributed by atoms with E-state index in [-0.39, 0.29) is 0 Å². The number of hydrogen-bond acceptors (Lipinski definition) is 4. The monoisotopic (exact) mass is 470 g/mol. The van der Waals surface area contributed by atoms with Gasteiger partial charge in [-0.15, -0.1) is 0 Å². The Bertz CT molecular complexity index is 735. The van der Waals surface area contributed by atoms with E-state index in [1.54, 1.807) is 12.4 Å². The van der Waals surface area contributed by atoms with E-state index >= 15 is 0 Å². The largest absolute Gasteiger partial charge is 0.494 e. The highest BCUT2D eigenvalue weighted by molar-refractivity contribution is 6.57. The van der Waals surface area contributed by atoms with Gasteiger partial charge in [0, 0.05) is 14.4 Å². The minimum Gasteiger partial charge on any atom is -0.494 e. The summed E-state index contributed by atoms with van der Waals surface area (Å²) in [7, 11) is -0.572. The summed E-state index contributed by atoms with van der Waals surface area (Å²) in [6, 6.07) is 8.11. The molecule has 1 aromatic carbocycles. The second kappa shape index (κ2) is 16.7. The molecule has 1 aromatic heterocycles. The van der Waals surface area contributed by atoms with Crippen molar-refractivity contribution < 1.29 is 9.47 Å². The lowest BCUT2D eigenvalue weighted by Crippen LogP contribution is -2.13. The predicted octanol–water partition coefficient (Wildman–Crippen LogP) is 8.09. The number of unbranched alkanes of at least 4 members (excludes halogenated alkanes) is 6. The number of nitrogens with zero attached hydrogens (tertiary/aromatic N) is 2. The first-order valence-electron chi connectivity index (χ1n) is 13.3. The third-order valence-electron chi connectivity index (χ3n) is 6.37. The molecule has 0 aliphatic heterocycles. The molecule has 33 heavy (non-hydrogen) atoms. The van der Waals surface area contributed by atoms with Crippen LogP contribution in [0.2, 0.25) is 18.6 Å². The molecule has 0 aliphatic rings. The SMILES string of the molecule is CCCCCCCCOc1cnc(-c2ccc(OCCCC(CCCC)[SiH](C)C)cc2)nc1. The molecule has 2 rings (SSSR count). The van der Waals surface area contributed by atoms with Crippen LogP contribution in [-0.2, 0) is 0 Å². The van der Waals surface area contributed by atoms with Gasteiger partial charge in [0.05, 0.1) is 25.6 Å². The van der Waals surface area contributed by atoms with E-state index < -0.39 is 8.80 Å². The van der Waals surface area contributed by atoms with Crippen molar-refractivity contribution in [3.63, 3.8) is 0 Å². The summed E-state index contributed by atoms with van der Waals surface area (Å²) >= 11 is 0. The van der Waals surface area contributed by atoms with Crippen LogP contribution in [0.3, 0.4) is 0 Å². The molecule has 4 nitrogen and oxygen atoms in total. The van der Waals surface area contributed by atoms with E-state index in [1.807, 2.05) is 24.3 Å². The molecule has 1 heterocycles. The maximum Gasteiger partial charge on any atom is 0.159 e. The first-order chi connectivity index (χ1) is 16.1. The molecule has 1 atom stereocenters. The Kier molecular flexibility index (Phi) is 13.8. The molecule has 1 unspecified atom stereocenters. The van der Waals surface area contributed by atoms with Crippen LogP contribution < -0.4 is 9.47 Å². The Hall–Kier alpha value is -1.88. The minimum absolute atomic E-state index is 0.572. The van der Waals surface area contributed by atoms with Crippen molar-refractivity contribution in [3.05, 3.63) is 36.7 Å². The number of rotatable bonds is 18. The fourth-order valence-electron chi connectivity index (χ4n) is 4.13. The van der Waals surface area contributed by atoms with Crippen LogP contribution in [-0.4, -0.2) is 32.0 Å². The summed E-state index contributed by atoms with van der Waals surface area (Å²) in [5.74, 6) is 2.38. The van der Waals surface area contributed by atoms with Gasteiger partial charge >= 0.3 is 0 Å². The molecule has 2 aromatic rings. The third kappa shape index (κ3) is 11.2. The molecule has 0 bridgehead atoms. The fraction of sp³-hybridized carbons (Fsp3) is 0.643. The van der Waals surface area contributed by atoms with Crippen LogP contribution >= 0.6 is 0 Å². The molecule has 184 valence electrons. The average molecular weight is 471 g/mol. The van der Waals surface area contributed by atoms with Crippen LogP contribution in [0, 0.1) is 0 Å².